The van der Waals surface area contributed by atoms with Gasteiger partial charge in [0.1, 0.15) is 5.75 Å². The Morgan fingerprint density at radius 3 is 2.50 bits per heavy atom. The Morgan fingerprint density at radius 2 is 2.00 bits per heavy atom. The van der Waals surface area contributed by atoms with Crippen LogP contribution in [0.25, 0.3) is 0 Å². The fourth-order valence-corrected chi connectivity index (χ4v) is 1.43. The highest BCUT2D eigenvalue weighted by molar-refractivity contribution is 6.32. The fourth-order valence-electron chi connectivity index (χ4n) is 1.24. The molecule has 1 N–H and O–H groups in total. The molecule has 0 fully saturated rings. The molecule has 0 spiro atoms. The van der Waals surface area contributed by atoms with Gasteiger partial charge >= 0.3 is 0 Å². The number of methoxy groups -OCH3 is 1. The van der Waals surface area contributed by atoms with Gasteiger partial charge in [0.25, 0.3) is 0 Å². The van der Waals surface area contributed by atoms with Gasteiger partial charge in [0, 0.05) is 5.92 Å². The molecule has 0 radical (unpaired) electrons. The number of ether oxygens (including phenoxy) is 1. The van der Waals surface area contributed by atoms with Crippen LogP contribution in [0.3, 0.4) is 0 Å². The molecule has 0 aliphatic heterocycles. The van der Waals surface area contributed by atoms with Crippen molar-refractivity contribution in [3.8, 4) is 5.75 Å². The maximum atomic E-state index is 9.43. The maximum absolute atomic E-state index is 9.43. The number of hydrogen-bond acceptors (Lipinski definition) is 2. The van der Waals surface area contributed by atoms with Crippen LogP contribution in [0.5, 0.6) is 5.75 Å². The third-order valence-electron chi connectivity index (χ3n) is 2.42. The Bertz CT molecular complexity index is 310. The highest BCUT2D eigenvalue weighted by Crippen LogP contribution is 2.29. The lowest BCUT2D eigenvalue weighted by atomic mass is 9.96. The summed E-state index contributed by atoms with van der Waals surface area (Å²) in [4.78, 5) is 0. The third-order valence-corrected chi connectivity index (χ3v) is 2.74. The molecule has 2 atom stereocenters. The van der Waals surface area contributed by atoms with Gasteiger partial charge in [-0.1, -0.05) is 24.6 Å². The van der Waals surface area contributed by atoms with Crippen LogP contribution in [-0.2, 0) is 0 Å². The van der Waals surface area contributed by atoms with Crippen molar-refractivity contribution in [2.75, 3.05) is 7.11 Å². The standard InChI is InChI=1S/C11H15ClO2/c1-7(8(2)13)9-4-5-10(12)11(6-9)14-3/h4-8,13H,1-3H3. The molecule has 3 heteroatoms. The second kappa shape index (κ2) is 4.67. The van der Waals surface area contributed by atoms with E-state index in [0.717, 1.165) is 5.56 Å². The molecule has 0 amide bonds. The third kappa shape index (κ3) is 2.40. The van der Waals surface area contributed by atoms with E-state index in [4.69, 9.17) is 16.3 Å². The molecule has 2 unspecified atom stereocenters. The summed E-state index contributed by atoms with van der Waals surface area (Å²) in [7, 11) is 1.58. The van der Waals surface area contributed by atoms with Gasteiger partial charge in [-0.3, -0.25) is 0 Å². The number of hydrogen-bond donors (Lipinski definition) is 1. The zero-order valence-corrected chi connectivity index (χ0v) is 9.38. The molecule has 0 saturated heterocycles. The minimum atomic E-state index is -0.374. The van der Waals surface area contributed by atoms with E-state index in [1.807, 2.05) is 19.1 Å². The van der Waals surface area contributed by atoms with E-state index in [0.29, 0.717) is 10.8 Å². The Morgan fingerprint density at radius 1 is 1.36 bits per heavy atom. The second-order valence-electron chi connectivity index (χ2n) is 3.42. The maximum Gasteiger partial charge on any atom is 0.137 e. The minimum absolute atomic E-state index is 0.0844. The van der Waals surface area contributed by atoms with Crippen molar-refractivity contribution in [2.24, 2.45) is 0 Å². The molecule has 1 aromatic rings. The van der Waals surface area contributed by atoms with Crippen LogP contribution in [0, 0.1) is 0 Å². The van der Waals surface area contributed by atoms with Gasteiger partial charge in [-0.05, 0) is 24.6 Å². The molecule has 0 bridgehead atoms. The average molecular weight is 215 g/mol. The zero-order chi connectivity index (χ0) is 10.7. The first kappa shape index (κ1) is 11.3. The predicted molar refractivity (Wildman–Crippen MR) is 58.1 cm³/mol. The number of rotatable bonds is 3. The molecule has 0 aliphatic rings. The SMILES string of the molecule is COc1cc(C(C)C(C)O)ccc1Cl. The van der Waals surface area contributed by atoms with Crippen LogP contribution in [0.1, 0.15) is 25.3 Å². The van der Waals surface area contributed by atoms with Crippen LogP contribution in [0.15, 0.2) is 18.2 Å². The molecule has 78 valence electrons. The van der Waals surface area contributed by atoms with Gasteiger partial charge in [0.2, 0.25) is 0 Å². The Hall–Kier alpha value is -0.730. The van der Waals surface area contributed by atoms with Gasteiger partial charge in [-0.2, -0.15) is 0 Å². The summed E-state index contributed by atoms with van der Waals surface area (Å²) >= 11 is 5.89. The lowest BCUT2D eigenvalue weighted by Gasteiger charge is -2.16. The first-order valence-corrected chi connectivity index (χ1v) is 4.95. The van der Waals surface area contributed by atoms with Crippen molar-refractivity contribution in [3.63, 3.8) is 0 Å². The van der Waals surface area contributed by atoms with E-state index < -0.39 is 0 Å². The molecular formula is C11H15ClO2. The Kier molecular flexibility index (Phi) is 3.78. The molecule has 0 aliphatic carbocycles. The quantitative estimate of drug-likeness (QED) is 0.839. The van der Waals surface area contributed by atoms with Gasteiger partial charge in [0.15, 0.2) is 0 Å². The van der Waals surface area contributed by atoms with Crippen molar-refractivity contribution < 1.29 is 9.84 Å². The Labute approximate surface area is 89.5 Å². The number of aliphatic hydroxyl groups excluding tert-OH is 1. The minimum Gasteiger partial charge on any atom is -0.495 e. The summed E-state index contributed by atoms with van der Waals surface area (Å²) in [6, 6.07) is 5.55. The topological polar surface area (TPSA) is 29.5 Å². The monoisotopic (exact) mass is 214 g/mol. The zero-order valence-electron chi connectivity index (χ0n) is 8.62. The van der Waals surface area contributed by atoms with Crippen molar-refractivity contribution in [2.45, 2.75) is 25.9 Å². The summed E-state index contributed by atoms with van der Waals surface area (Å²) in [5, 5.41) is 10.0. The molecule has 14 heavy (non-hydrogen) atoms. The first-order valence-electron chi connectivity index (χ1n) is 4.57. The summed E-state index contributed by atoms with van der Waals surface area (Å²) in [6.45, 7) is 3.74. The van der Waals surface area contributed by atoms with E-state index in [1.165, 1.54) is 0 Å². The van der Waals surface area contributed by atoms with Crippen LogP contribution < -0.4 is 4.74 Å². The average Bonchev–Trinajstić information content (AvgIpc) is 2.17. The summed E-state index contributed by atoms with van der Waals surface area (Å²) in [5.41, 5.74) is 1.03. The van der Waals surface area contributed by atoms with E-state index in [-0.39, 0.29) is 12.0 Å². The lowest BCUT2D eigenvalue weighted by molar-refractivity contribution is 0.169. The highest BCUT2D eigenvalue weighted by Gasteiger charge is 2.13. The van der Waals surface area contributed by atoms with E-state index >= 15 is 0 Å². The van der Waals surface area contributed by atoms with Gasteiger partial charge < -0.3 is 9.84 Å². The van der Waals surface area contributed by atoms with E-state index in [1.54, 1.807) is 20.1 Å². The predicted octanol–water partition coefficient (Wildman–Crippen LogP) is 2.83. The molecule has 0 saturated carbocycles. The van der Waals surface area contributed by atoms with Crippen LogP contribution in [-0.4, -0.2) is 18.3 Å². The van der Waals surface area contributed by atoms with Crippen molar-refractivity contribution in [1.29, 1.82) is 0 Å². The molecule has 1 aromatic carbocycles. The molecule has 0 aromatic heterocycles. The van der Waals surface area contributed by atoms with Crippen LogP contribution in [0.4, 0.5) is 0 Å². The van der Waals surface area contributed by atoms with Gasteiger partial charge in [-0.25, -0.2) is 0 Å². The Balaban J connectivity index is 3.00. The van der Waals surface area contributed by atoms with Gasteiger partial charge in [-0.15, -0.1) is 0 Å². The number of benzene rings is 1. The first-order chi connectivity index (χ1) is 6.56. The van der Waals surface area contributed by atoms with E-state index in [2.05, 4.69) is 0 Å². The van der Waals surface area contributed by atoms with Crippen LogP contribution in [0.2, 0.25) is 5.02 Å². The number of aliphatic hydroxyl groups is 1. The molecule has 0 heterocycles. The molecular weight excluding hydrogens is 200 g/mol. The van der Waals surface area contributed by atoms with Crippen LogP contribution >= 0.6 is 11.6 Å². The van der Waals surface area contributed by atoms with Gasteiger partial charge in [0.05, 0.1) is 18.2 Å². The lowest BCUT2D eigenvalue weighted by Crippen LogP contribution is -2.10. The van der Waals surface area contributed by atoms with Crippen molar-refractivity contribution >= 4 is 11.6 Å². The smallest absolute Gasteiger partial charge is 0.137 e. The van der Waals surface area contributed by atoms with E-state index in [9.17, 15) is 5.11 Å². The van der Waals surface area contributed by atoms with Crippen molar-refractivity contribution in [1.82, 2.24) is 0 Å². The molecule has 1 rings (SSSR count). The number of halogens is 1. The fraction of sp³-hybridized carbons (Fsp3) is 0.455. The summed E-state index contributed by atoms with van der Waals surface area (Å²) < 4.78 is 5.10. The van der Waals surface area contributed by atoms with Crippen molar-refractivity contribution in [3.05, 3.63) is 28.8 Å². The summed E-state index contributed by atoms with van der Waals surface area (Å²) in [6.07, 6.45) is -0.374. The second-order valence-corrected chi connectivity index (χ2v) is 3.83. The largest absolute Gasteiger partial charge is 0.495 e. The molecule has 2 nitrogen and oxygen atoms in total. The normalized spacial score (nSPS) is 14.9. The highest BCUT2D eigenvalue weighted by atomic mass is 35.5. The summed E-state index contributed by atoms with van der Waals surface area (Å²) in [5.74, 6) is 0.734.